The van der Waals surface area contributed by atoms with Gasteiger partial charge in [0, 0.05) is 6.54 Å². The molecule has 0 bridgehead atoms. The standard InChI is InChI=1S/C16H24N2O3/c1-20-17-16(19)13-14-5-7-15(8-6-14)21-12-11-18-9-3-2-4-10-18/h5-8H,2-4,9-13H2,1H3,(H,17,19). The lowest BCUT2D eigenvalue weighted by molar-refractivity contribution is -0.130. The Morgan fingerprint density at radius 3 is 2.57 bits per heavy atom. The largest absolute Gasteiger partial charge is 0.492 e. The second-order valence-corrected chi connectivity index (χ2v) is 5.30. The number of amides is 1. The van der Waals surface area contributed by atoms with Gasteiger partial charge in [-0.3, -0.25) is 14.5 Å². The fraction of sp³-hybridized carbons (Fsp3) is 0.562. The molecular formula is C16H24N2O3. The highest BCUT2D eigenvalue weighted by atomic mass is 16.6. The van der Waals surface area contributed by atoms with Gasteiger partial charge in [0.25, 0.3) is 0 Å². The smallest absolute Gasteiger partial charge is 0.247 e. The third-order valence-corrected chi connectivity index (χ3v) is 3.63. The molecule has 1 aromatic carbocycles. The van der Waals surface area contributed by atoms with Crippen LogP contribution in [0.2, 0.25) is 0 Å². The topological polar surface area (TPSA) is 50.8 Å². The number of hydrogen-bond donors (Lipinski definition) is 1. The highest BCUT2D eigenvalue weighted by Crippen LogP contribution is 2.13. The van der Waals surface area contributed by atoms with Crippen molar-refractivity contribution in [3.05, 3.63) is 29.8 Å². The third-order valence-electron chi connectivity index (χ3n) is 3.63. The number of nitrogens with one attached hydrogen (secondary N) is 1. The zero-order valence-corrected chi connectivity index (χ0v) is 12.6. The van der Waals surface area contributed by atoms with Crippen molar-refractivity contribution in [2.24, 2.45) is 0 Å². The van der Waals surface area contributed by atoms with Crippen LogP contribution in [-0.4, -0.2) is 44.2 Å². The van der Waals surface area contributed by atoms with Gasteiger partial charge < -0.3 is 4.74 Å². The molecule has 0 spiro atoms. The van der Waals surface area contributed by atoms with Crippen LogP contribution in [0.25, 0.3) is 0 Å². The van der Waals surface area contributed by atoms with E-state index >= 15 is 0 Å². The van der Waals surface area contributed by atoms with E-state index in [1.54, 1.807) is 0 Å². The van der Waals surface area contributed by atoms with Crippen molar-refractivity contribution >= 4 is 5.91 Å². The fourth-order valence-electron chi connectivity index (χ4n) is 2.51. The molecule has 0 saturated carbocycles. The minimum atomic E-state index is -0.156. The van der Waals surface area contributed by atoms with Crippen molar-refractivity contribution in [1.82, 2.24) is 10.4 Å². The lowest BCUT2D eigenvalue weighted by atomic mass is 10.1. The number of nitrogens with zero attached hydrogens (tertiary/aromatic N) is 1. The molecule has 5 heteroatoms. The van der Waals surface area contributed by atoms with Crippen LogP contribution in [-0.2, 0) is 16.1 Å². The molecule has 1 heterocycles. The average molecular weight is 292 g/mol. The number of likely N-dealkylation sites (tertiary alicyclic amines) is 1. The van der Waals surface area contributed by atoms with Crippen LogP contribution in [0.15, 0.2) is 24.3 Å². The van der Waals surface area contributed by atoms with Gasteiger partial charge in [0.2, 0.25) is 5.91 Å². The molecule has 1 aliphatic rings. The molecule has 1 saturated heterocycles. The van der Waals surface area contributed by atoms with Crippen molar-refractivity contribution in [3.63, 3.8) is 0 Å². The summed E-state index contributed by atoms with van der Waals surface area (Å²) in [6.45, 7) is 4.08. The summed E-state index contributed by atoms with van der Waals surface area (Å²) in [5, 5.41) is 0. The first kappa shape index (κ1) is 15.8. The van der Waals surface area contributed by atoms with E-state index in [2.05, 4.69) is 15.2 Å². The summed E-state index contributed by atoms with van der Waals surface area (Å²) in [7, 11) is 1.43. The molecule has 0 aromatic heterocycles. The fourth-order valence-corrected chi connectivity index (χ4v) is 2.51. The molecule has 2 rings (SSSR count). The summed E-state index contributed by atoms with van der Waals surface area (Å²) in [6.07, 6.45) is 4.27. The lowest BCUT2D eigenvalue weighted by Crippen LogP contribution is -2.33. The number of carbonyl (C=O) groups is 1. The molecule has 116 valence electrons. The Kier molecular flexibility index (Phi) is 6.50. The van der Waals surface area contributed by atoms with Crippen LogP contribution >= 0.6 is 0 Å². The number of hydrogen-bond acceptors (Lipinski definition) is 4. The summed E-state index contributed by atoms with van der Waals surface area (Å²) < 4.78 is 5.75. The quantitative estimate of drug-likeness (QED) is 0.778. The monoisotopic (exact) mass is 292 g/mol. The van der Waals surface area contributed by atoms with Crippen molar-refractivity contribution in [1.29, 1.82) is 0 Å². The SMILES string of the molecule is CONC(=O)Cc1ccc(OCCN2CCCCC2)cc1. The van der Waals surface area contributed by atoms with Crippen LogP contribution in [0.5, 0.6) is 5.75 Å². The maximum atomic E-state index is 11.4. The van der Waals surface area contributed by atoms with Crippen molar-refractivity contribution < 1.29 is 14.4 Å². The molecule has 1 amide bonds. The van der Waals surface area contributed by atoms with Crippen molar-refractivity contribution in [2.75, 3.05) is 33.4 Å². The lowest BCUT2D eigenvalue weighted by Gasteiger charge is -2.26. The number of benzene rings is 1. The Hall–Kier alpha value is -1.59. The van der Waals surface area contributed by atoms with E-state index < -0.39 is 0 Å². The number of carbonyl (C=O) groups excluding carboxylic acids is 1. The van der Waals surface area contributed by atoms with Crippen molar-refractivity contribution in [2.45, 2.75) is 25.7 Å². The van der Waals surface area contributed by atoms with E-state index in [-0.39, 0.29) is 5.91 Å². The predicted molar refractivity (Wildman–Crippen MR) is 81.1 cm³/mol. The summed E-state index contributed by atoms with van der Waals surface area (Å²) in [5.74, 6) is 0.694. The van der Waals surface area contributed by atoms with Gasteiger partial charge in [-0.15, -0.1) is 0 Å². The van der Waals surface area contributed by atoms with Gasteiger partial charge in [0.15, 0.2) is 0 Å². The van der Waals surface area contributed by atoms with Crippen molar-refractivity contribution in [3.8, 4) is 5.75 Å². The average Bonchev–Trinajstić information content (AvgIpc) is 2.50. The Morgan fingerprint density at radius 2 is 1.90 bits per heavy atom. The Labute approximate surface area is 126 Å². The van der Waals surface area contributed by atoms with E-state index in [1.165, 1.54) is 39.5 Å². The number of ether oxygens (including phenoxy) is 1. The second kappa shape index (κ2) is 8.64. The number of rotatable bonds is 7. The van der Waals surface area contributed by atoms with E-state index in [0.717, 1.165) is 17.9 Å². The van der Waals surface area contributed by atoms with E-state index in [0.29, 0.717) is 13.0 Å². The second-order valence-electron chi connectivity index (χ2n) is 5.30. The Bertz CT molecular complexity index is 428. The van der Waals surface area contributed by atoms with Gasteiger partial charge in [-0.1, -0.05) is 18.6 Å². The highest BCUT2D eigenvalue weighted by Gasteiger charge is 2.09. The van der Waals surface area contributed by atoms with Crippen LogP contribution in [0.1, 0.15) is 24.8 Å². The highest BCUT2D eigenvalue weighted by molar-refractivity contribution is 5.77. The zero-order chi connectivity index (χ0) is 14.9. The van der Waals surface area contributed by atoms with Gasteiger partial charge in [0.1, 0.15) is 12.4 Å². The third kappa shape index (κ3) is 5.73. The molecule has 0 radical (unpaired) electrons. The summed E-state index contributed by atoms with van der Waals surface area (Å²) in [6, 6.07) is 7.63. The molecule has 1 aliphatic heterocycles. The Balaban J connectivity index is 1.70. The van der Waals surface area contributed by atoms with Gasteiger partial charge in [0.05, 0.1) is 13.5 Å². The number of hydroxylamine groups is 1. The summed E-state index contributed by atoms with van der Waals surface area (Å²) in [5.41, 5.74) is 3.24. The minimum Gasteiger partial charge on any atom is -0.492 e. The normalized spacial score (nSPS) is 15.7. The van der Waals surface area contributed by atoms with Crippen LogP contribution in [0, 0.1) is 0 Å². The van der Waals surface area contributed by atoms with E-state index in [4.69, 9.17) is 4.74 Å². The predicted octanol–water partition coefficient (Wildman–Crippen LogP) is 1.77. The molecule has 1 aromatic rings. The molecule has 1 N–H and O–H groups in total. The van der Waals surface area contributed by atoms with Crippen LogP contribution in [0.4, 0.5) is 0 Å². The molecule has 5 nitrogen and oxygen atoms in total. The molecule has 21 heavy (non-hydrogen) atoms. The van der Waals surface area contributed by atoms with Gasteiger partial charge in [-0.05, 0) is 43.6 Å². The molecule has 0 unspecified atom stereocenters. The Morgan fingerprint density at radius 1 is 1.19 bits per heavy atom. The maximum Gasteiger partial charge on any atom is 0.247 e. The van der Waals surface area contributed by atoms with E-state index in [9.17, 15) is 4.79 Å². The molecule has 0 atom stereocenters. The van der Waals surface area contributed by atoms with Crippen LogP contribution in [0.3, 0.4) is 0 Å². The summed E-state index contributed by atoms with van der Waals surface area (Å²) >= 11 is 0. The van der Waals surface area contributed by atoms with Gasteiger partial charge in [-0.25, -0.2) is 5.48 Å². The molecular weight excluding hydrogens is 268 g/mol. The maximum absolute atomic E-state index is 11.4. The van der Waals surface area contributed by atoms with Gasteiger partial charge in [-0.2, -0.15) is 0 Å². The van der Waals surface area contributed by atoms with Gasteiger partial charge >= 0.3 is 0 Å². The minimum absolute atomic E-state index is 0.156. The first-order chi connectivity index (χ1) is 10.3. The molecule has 0 aliphatic carbocycles. The van der Waals surface area contributed by atoms with Crippen LogP contribution < -0.4 is 10.2 Å². The zero-order valence-electron chi connectivity index (χ0n) is 12.6. The van der Waals surface area contributed by atoms with E-state index in [1.807, 2.05) is 24.3 Å². The first-order valence-corrected chi connectivity index (χ1v) is 7.54. The molecule has 1 fully saturated rings. The first-order valence-electron chi connectivity index (χ1n) is 7.54. The summed E-state index contributed by atoms with van der Waals surface area (Å²) in [4.78, 5) is 18.4. The number of piperidine rings is 1.